The largest absolute Gasteiger partial charge is 0.446 e. The Morgan fingerprint density at radius 3 is 2.54 bits per heavy atom. The van der Waals surface area contributed by atoms with Gasteiger partial charge in [0.15, 0.2) is 11.6 Å². The van der Waals surface area contributed by atoms with E-state index in [1.807, 2.05) is 0 Å². The van der Waals surface area contributed by atoms with Gasteiger partial charge in [-0.05, 0) is 0 Å². The van der Waals surface area contributed by atoms with Crippen LogP contribution in [0.25, 0.3) is 0 Å². The Hall–Kier alpha value is -1.19. The summed E-state index contributed by atoms with van der Waals surface area (Å²) in [6.45, 7) is 3.29. The molecule has 0 heterocycles. The Bertz CT molecular complexity index is 256. The Labute approximate surface area is 76.3 Å². The first-order chi connectivity index (χ1) is 6.06. The van der Waals surface area contributed by atoms with Gasteiger partial charge in [-0.15, -0.1) is 0 Å². The quantitative estimate of drug-likeness (QED) is 0.462. The van der Waals surface area contributed by atoms with Gasteiger partial charge in [-0.3, -0.25) is 14.4 Å². The Balaban J connectivity index is 2.64. The van der Waals surface area contributed by atoms with Crippen molar-refractivity contribution in [3.8, 4) is 0 Å². The van der Waals surface area contributed by atoms with Gasteiger partial charge in [-0.1, -0.05) is 13.8 Å². The van der Waals surface area contributed by atoms with Crippen molar-refractivity contribution < 1.29 is 19.1 Å². The lowest BCUT2D eigenvalue weighted by molar-refractivity contribution is -0.157. The minimum absolute atomic E-state index is 0.186. The highest BCUT2D eigenvalue weighted by atomic mass is 16.5. The molecule has 13 heavy (non-hydrogen) atoms. The van der Waals surface area contributed by atoms with E-state index < -0.39 is 12.1 Å². The minimum Gasteiger partial charge on any atom is -0.446 e. The molecule has 0 aromatic carbocycles. The number of hydrogen-bond acceptors (Lipinski definition) is 4. The molecule has 0 N–H and O–H groups in total. The number of ketones is 2. The van der Waals surface area contributed by atoms with Gasteiger partial charge < -0.3 is 4.74 Å². The molecule has 0 aliphatic heterocycles. The van der Waals surface area contributed by atoms with Crippen LogP contribution in [0.2, 0.25) is 0 Å². The Kier molecular flexibility index (Phi) is 2.80. The maximum atomic E-state index is 11.3. The van der Waals surface area contributed by atoms with Gasteiger partial charge >= 0.3 is 5.97 Å². The summed E-state index contributed by atoms with van der Waals surface area (Å²) in [5.74, 6) is -1.35. The molecular formula is C9H12O4. The Morgan fingerprint density at radius 2 is 2.15 bits per heavy atom. The zero-order chi connectivity index (χ0) is 10.0. The van der Waals surface area contributed by atoms with E-state index in [0.29, 0.717) is 0 Å². The van der Waals surface area contributed by atoms with Crippen LogP contribution in [-0.2, 0) is 19.1 Å². The van der Waals surface area contributed by atoms with Crippen LogP contribution in [0.4, 0.5) is 0 Å². The van der Waals surface area contributed by atoms with Crippen LogP contribution in [-0.4, -0.2) is 23.6 Å². The first-order valence-electron chi connectivity index (χ1n) is 4.32. The second kappa shape index (κ2) is 3.68. The van der Waals surface area contributed by atoms with Crippen molar-refractivity contribution in [1.82, 2.24) is 0 Å². The van der Waals surface area contributed by atoms with Crippen LogP contribution in [0.5, 0.6) is 0 Å². The van der Waals surface area contributed by atoms with Crippen molar-refractivity contribution in [3.05, 3.63) is 0 Å². The fraction of sp³-hybridized carbons (Fsp3) is 0.667. The van der Waals surface area contributed by atoms with E-state index in [4.69, 9.17) is 4.74 Å². The van der Waals surface area contributed by atoms with Crippen LogP contribution in [0.15, 0.2) is 0 Å². The molecule has 1 rings (SSSR count). The third-order valence-electron chi connectivity index (χ3n) is 2.08. The molecule has 1 aliphatic carbocycles. The molecule has 72 valence electrons. The van der Waals surface area contributed by atoms with E-state index in [1.165, 1.54) is 0 Å². The van der Waals surface area contributed by atoms with Gasteiger partial charge in [0.25, 0.3) is 0 Å². The zero-order valence-corrected chi connectivity index (χ0v) is 7.70. The fourth-order valence-electron chi connectivity index (χ4n) is 1.27. The summed E-state index contributed by atoms with van der Waals surface area (Å²) in [6, 6.07) is 0. The first-order valence-corrected chi connectivity index (χ1v) is 4.32. The lowest BCUT2D eigenvalue weighted by Crippen LogP contribution is -2.29. The van der Waals surface area contributed by atoms with Crippen LogP contribution < -0.4 is 0 Å². The highest BCUT2D eigenvalue weighted by molar-refractivity contribution is 6.13. The lowest BCUT2D eigenvalue weighted by atomic mass is 10.1. The van der Waals surface area contributed by atoms with E-state index >= 15 is 0 Å². The number of carbonyl (C=O) groups is 3. The summed E-state index contributed by atoms with van der Waals surface area (Å²) in [7, 11) is 0. The maximum absolute atomic E-state index is 11.3. The van der Waals surface area contributed by atoms with E-state index in [0.717, 1.165) is 0 Å². The van der Waals surface area contributed by atoms with Crippen molar-refractivity contribution in [2.75, 3.05) is 0 Å². The second-order valence-corrected chi connectivity index (χ2v) is 3.20. The van der Waals surface area contributed by atoms with Gasteiger partial charge in [0.2, 0.25) is 6.10 Å². The van der Waals surface area contributed by atoms with Gasteiger partial charge in [0, 0.05) is 18.8 Å². The van der Waals surface area contributed by atoms with Gasteiger partial charge in [0.05, 0.1) is 0 Å². The lowest BCUT2D eigenvalue weighted by Gasteiger charge is -2.07. The van der Waals surface area contributed by atoms with Crippen LogP contribution in [0, 0.1) is 5.92 Å². The molecule has 0 aromatic heterocycles. The van der Waals surface area contributed by atoms with Crippen molar-refractivity contribution >= 4 is 17.5 Å². The van der Waals surface area contributed by atoms with Gasteiger partial charge in [0.1, 0.15) is 0 Å². The minimum atomic E-state index is -1.12. The molecule has 1 fully saturated rings. The van der Waals surface area contributed by atoms with Crippen molar-refractivity contribution in [1.29, 1.82) is 0 Å². The van der Waals surface area contributed by atoms with Gasteiger partial charge in [-0.2, -0.15) is 0 Å². The summed E-state index contributed by atoms with van der Waals surface area (Å²) in [6.07, 6.45) is -0.742. The number of rotatable bonds is 2. The number of hydrogen-bond donors (Lipinski definition) is 0. The molecule has 1 aliphatic rings. The van der Waals surface area contributed by atoms with Crippen LogP contribution in [0.1, 0.15) is 26.7 Å². The second-order valence-electron chi connectivity index (χ2n) is 3.20. The molecule has 4 heteroatoms. The molecule has 0 amide bonds. The molecule has 0 spiro atoms. The third kappa shape index (κ3) is 1.94. The van der Waals surface area contributed by atoms with Gasteiger partial charge in [-0.25, -0.2) is 0 Å². The molecule has 0 radical (unpaired) electrons. The predicted octanol–water partition coefficient (Wildman–Crippen LogP) is 0.486. The first kappa shape index (κ1) is 9.89. The standard InChI is InChI=1S/C9H12O4/c1-3-7(11)13-9-6(10)4-5(2)8(9)12/h5,9H,3-4H2,1-2H3. The highest BCUT2D eigenvalue weighted by Crippen LogP contribution is 2.20. The molecular weight excluding hydrogens is 172 g/mol. The Morgan fingerprint density at radius 1 is 1.54 bits per heavy atom. The van der Waals surface area contributed by atoms with Crippen molar-refractivity contribution in [3.63, 3.8) is 0 Å². The van der Waals surface area contributed by atoms with E-state index in [-0.39, 0.29) is 30.3 Å². The summed E-state index contributed by atoms with van der Waals surface area (Å²) in [4.78, 5) is 33.3. The van der Waals surface area contributed by atoms with E-state index in [9.17, 15) is 14.4 Å². The molecule has 0 aromatic rings. The van der Waals surface area contributed by atoms with Crippen LogP contribution >= 0.6 is 0 Å². The normalized spacial score (nSPS) is 27.8. The molecule has 0 saturated heterocycles. The molecule has 2 atom stereocenters. The summed E-state index contributed by atoms with van der Waals surface area (Å²) < 4.78 is 4.72. The van der Waals surface area contributed by atoms with Crippen molar-refractivity contribution in [2.45, 2.75) is 32.8 Å². The number of esters is 1. The monoisotopic (exact) mass is 184 g/mol. The summed E-state index contributed by atoms with van der Waals surface area (Å²) >= 11 is 0. The fourth-order valence-corrected chi connectivity index (χ4v) is 1.27. The molecule has 2 unspecified atom stereocenters. The number of ether oxygens (including phenoxy) is 1. The van der Waals surface area contributed by atoms with E-state index in [1.54, 1.807) is 13.8 Å². The maximum Gasteiger partial charge on any atom is 0.306 e. The van der Waals surface area contributed by atoms with E-state index in [2.05, 4.69) is 0 Å². The average molecular weight is 184 g/mol. The number of carbonyl (C=O) groups excluding carboxylic acids is 3. The zero-order valence-electron chi connectivity index (χ0n) is 7.70. The summed E-state index contributed by atoms with van der Waals surface area (Å²) in [5, 5.41) is 0. The van der Waals surface area contributed by atoms with Crippen molar-refractivity contribution in [2.24, 2.45) is 5.92 Å². The average Bonchev–Trinajstić information content (AvgIpc) is 2.32. The third-order valence-corrected chi connectivity index (χ3v) is 2.08. The highest BCUT2D eigenvalue weighted by Gasteiger charge is 2.41. The molecule has 0 bridgehead atoms. The smallest absolute Gasteiger partial charge is 0.306 e. The SMILES string of the molecule is CCC(=O)OC1C(=O)CC(C)C1=O. The predicted molar refractivity (Wildman–Crippen MR) is 44.0 cm³/mol. The molecule has 1 saturated carbocycles. The molecule has 4 nitrogen and oxygen atoms in total. The topological polar surface area (TPSA) is 60.4 Å². The van der Waals surface area contributed by atoms with Crippen LogP contribution in [0.3, 0.4) is 0 Å². The summed E-state index contributed by atoms with van der Waals surface area (Å²) in [5.41, 5.74) is 0. The number of Topliss-reactive ketones (excluding diaryl/α,β-unsaturated/α-hetero) is 2.